The predicted octanol–water partition coefficient (Wildman–Crippen LogP) is 2.71. The van der Waals surface area contributed by atoms with E-state index in [1.54, 1.807) is 0 Å². The van der Waals surface area contributed by atoms with Crippen molar-refractivity contribution in [2.45, 2.75) is 52.9 Å². The van der Waals surface area contributed by atoms with E-state index in [9.17, 15) is 9.59 Å². The molecule has 19 heavy (non-hydrogen) atoms. The summed E-state index contributed by atoms with van der Waals surface area (Å²) in [5.41, 5.74) is 0. The van der Waals surface area contributed by atoms with Crippen LogP contribution in [0.15, 0.2) is 0 Å². The minimum Gasteiger partial charge on any atom is -0.480 e. The Morgan fingerprint density at radius 1 is 1.21 bits per heavy atom. The zero-order valence-electron chi connectivity index (χ0n) is 12.4. The molecule has 2 amide bonds. The fraction of sp³-hybridized carbons (Fsp3) is 0.857. The Morgan fingerprint density at radius 2 is 1.89 bits per heavy atom. The molecule has 0 aliphatic heterocycles. The monoisotopic (exact) mass is 272 g/mol. The van der Waals surface area contributed by atoms with Crippen LogP contribution in [0, 0.1) is 5.92 Å². The molecule has 0 bridgehead atoms. The van der Waals surface area contributed by atoms with Gasteiger partial charge in [0, 0.05) is 13.1 Å². The van der Waals surface area contributed by atoms with Crippen molar-refractivity contribution in [3.63, 3.8) is 0 Å². The number of amides is 2. The van der Waals surface area contributed by atoms with Crippen molar-refractivity contribution in [1.82, 2.24) is 10.2 Å². The molecule has 0 fully saturated rings. The first-order chi connectivity index (χ1) is 9.04. The highest BCUT2D eigenvalue weighted by Crippen LogP contribution is 2.11. The van der Waals surface area contributed by atoms with Gasteiger partial charge in [-0.3, -0.25) is 4.79 Å². The summed E-state index contributed by atoms with van der Waals surface area (Å²) in [5, 5.41) is 11.6. The maximum atomic E-state index is 11.9. The van der Waals surface area contributed by atoms with Gasteiger partial charge in [0.1, 0.15) is 6.54 Å². The smallest absolute Gasteiger partial charge is 0.323 e. The lowest BCUT2D eigenvalue weighted by molar-refractivity contribution is -0.137. The van der Waals surface area contributed by atoms with Crippen LogP contribution in [0.1, 0.15) is 52.9 Å². The second-order valence-electron chi connectivity index (χ2n) is 4.92. The molecule has 0 aromatic carbocycles. The average molecular weight is 272 g/mol. The molecule has 112 valence electrons. The Hall–Kier alpha value is -1.26. The van der Waals surface area contributed by atoms with Crippen LogP contribution in [0.25, 0.3) is 0 Å². The molecule has 2 N–H and O–H groups in total. The van der Waals surface area contributed by atoms with Gasteiger partial charge in [-0.25, -0.2) is 4.79 Å². The van der Waals surface area contributed by atoms with Gasteiger partial charge < -0.3 is 15.3 Å². The lowest BCUT2D eigenvalue weighted by Crippen LogP contribution is -2.44. The molecule has 0 aromatic heterocycles. The van der Waals surface area contributed by atoms with E-state index in [0.717, 1.165) is 25.7 Å². The lowest BCUT2D eigenvalue weighted by atomic mass is 9.99. The highest BCUT2D eigenvalue weighted by Gasteiger charge is 2.16. The van der Waals surface area contributed by atoms with Gasteiger partial charge in [0.15, 0.2) is 0 Å². The van der Waals surface area contributed by atoms with Gasteiger partial charge in [-0.05, 0) is 18.8 Å². The summed E-state index contributed by atoms with van der Waals surface area (Å²) >= 11 is 0. The van der Waals surface area contributed by atoms with E-state index < -0.39 is 5.97 Å². The largest absolute Gasteiger partial charge is 0.480 e. The van der Waals surface area contributed by atoms with Crippen molar-refractivity contribution < 1.29 is 14.7 Å². The molecule has 0 heterocycles. The van der Waals surface area contributed by atoms with Gasteiger partial charge >= 0.3 is 12.0 Å². The average Bonchev–Trinajstić information content (AvgIpc) is 2.37. The van der Waals surface area contributed by atoms with Crippen LogP contribution >= 0.6 is 0 Å². The number of aliphatic carboxylic acids is 1. The summed E-state index contributed by atoms with van der Waals surface area (Å²) in [7, 11) is 0. The summed E-state index contributed by atoms with van der Waals surface area (Å²) < 4.78 is 0. The molecule has 0 radical (unpaired) electrons. The highest BCUT2D eigenvalue weighted by atomic mass is 16.4. The van der Waals surface area contributed by atoms with Gasteiger partial charge in [-0.2, -0.15) is 0 Å². The Bertz CT molecular complexity index is 269. The van der Waals surface area contributed by atoms with E-state index in [1.807, 2.05) is 6.92 Å². The van der Waals surface area contributed by atoms with E-state index in [1.165, 1.54) is 11.3 Å². The SMILES string of the molecule is CCCCC(CC)CNC(=O)N(CCC)CC(=O)O. The molecule has 1 unspecified atom stereocenters. The van der Waals surface area contributed by atoms with Crippen LogP contribution < -0.4 is 5.32 Å². The number of rotatable bonds is 10. The topological polar surface area (TPSA) is 69.6 Å². The van der Waals surface area contributed by atoms with E-state index in [-0.39, 0.29) is 12.6 Å². The molecular weight excluding hydrogens is 244 g/mol. The van der Waals surface area contributed by atoms with Crippen LogP contribution in [0.5, 0.6) is 0 Å². The summed E-state index contributed by atoms with van der Waals surface area (Å²) in [6.07, 6.45) is 5.23. The Labute approximate surface area is 116 Å². The summed E-state index contributed by atoms with van der Waals surface area (Å²) in [6, 6.07) is -0.265. The standard InChI is InChI=1S/C14H28N2O3/c1-4-7-8-12(6-3)10-15-14(19)16(9-5-2)11-13(17)18/h12H,4-11H2,1-3H3,(H,15,19)(H,17,18). The molecule has 5 nitrogen and oxygen atoms in total. The van der Waals surface area contributed by atoms with Crippen LogP contribution in [0.2, 0.25) is 0 Å². The summed E-state index contributed by atoms with van der Waals surface area (Å²) in [5.74, 6) is -0.487. The number of nitrogens with one attached hydrogen (secondary N) is 1. The molecular formula is C14H28N2O3. The second kappa shape index (κ2) is 10.6. The first kappa shape index (κ1) is 17.7. The quantitative estimate of drug-likeness (QED) is 0.642. The third-order valence-corrected chi connectivity index (χ3v) is 3.19. The number of carboxylic acids is 1. The first-order valence-corrected chi connectivity index (χ1v) is 7.29. The van der Waals surface area contributed by atoms with Crippen LogP contribution in [0.4, 0.5) is 4.79 Å². The van der Waals surface area contributed by atoms with E-state index in [4.69, 9.17) is 5.11 Å². The normalized spacial score (nSPS) is 11.9. The van der Waals surface area contributed by atoms with E-state index in [2.05, 4.69) is 19.2 Å². The van der Waals surface area contributed by atoms with Crippen molar-refractivity contribution in [1.29, 1.82) is 0 Å². The molecule has 0 spiro atoms. The number of carbonyl (C=O) groups is 2. The Kier molecular flexibility index (Phi) is 9.94. The number of urea groups is 1. The van der Waals surface area contributed by atoms with Gasteiger partial charge in [-0.15, -0.1) is 0 Å². The summed E-state index contributed by atoms with van der Waals surface area (Å²) in [4.78, 5) is 24.0. The van der Waals surface area contributed by atoms with Gasteiger partial charge in [0.25, 0.3) is 0 Å². The number of hydrogen-bond acceptors (Lipinski definition) is 2. The third-order valence-electron chi connectivity index (χ3n) is 3.19. The minimum absolute atomic E-state index is 0.231. The van der Waals surface area contributed by atoms with Gasteiger partial charge in [0.2, 0.25) is 0 Å². The highest BCUT2D eigenvalue weighted by molar-refractivity contribution is 5.80. The van der Waals surface area contributed by atoms with Gasteiger partial charge in [0.05, 0.1) is 0 Å². The zero-order valence-corrected chi connectivity index (χ0v) is 12.4. The molecule has 0 saturated heterocycles. The molecule has 0 aliphatic rings. The molecule has 0 aliphatic carbocycles. The number of carbonyl (C=O) groups excluding carboxylic acids is 1. The fourth-order valence-electron chi connectivity index (χ4n) is 1.97. The Morgan fingerprint density at radius 3 is 2.37 bits per heavy atom. The van der Waals surface area contributed by atoms with Crippen LogP contribution in [0.3, 0.4) is 0 Å². The van der Waals surface area contributed by atoms with Crippen molar-refractivity contribution in [2.75, 3.05) is 19.6 Å². The maximum Gasteiger partial charge on any atom is 0.323 e. The van der Waals surface area contributed by atoms with E-state index >= 15 is 0 Å². The third kappa shape index (κ3) is 8.46. The predicted molar refractivity (Wildman–Crippen MR) is 76.2 cm³/mol. The van der Waals surface area contributed by atoms with Crippen molar-refractivity contribution in [3.05, 3.63) is 0 Å². The second-order valence-corrected chi connectivity index (χ2v) is 4.92. The fourth-order valence-corrected chi connectivity index (χ4v) is 1.97. The van der Waals surface area contributed by atoms with Crippen molar-refractivity contribution >= 4 is 12.0 Å². The zero-order chi connectivity index (χ0) is 14.7. The van der Waals surface area contributed by atoms with Crippen LogP contribution in [-0.4, -0.2) is 41.6 Å². The number of carboxylic acid groups (broad SMARTS) is 1. The molecule has 5 heteroatoms. The molecule has 0 rings (SSSR count). The van der Waals surface area contributed by atoms with E-state index in [0.29, 0.717) is 19.0 Å². The van der Waals surface area contributed by atoms with Crippen LogP contribution in [-0.2, 0) is 4.79 Å². The van der Waals surface area contributed by atoms with Gasteiger partial charge in [-0.1, -0.05) is 40.0 Å². The molecule has 1 atom stereocenters. The maximum absolute atomic E-state index is 11.9. The first-order valence-electron chi connectivity index (χ1n) is 7.29. The number of hydrogen-bond donors (Lipinski definition) is 2. The van der Waals surface area contributed by atoms with Crippen molar-refractivity contribution in [3.8, 4) is 0 Å². The number of nitrogens with zero attached hydrogens (tertiary/aromatic N) is 1. The molecule has 0 aromatic rings. The summed E-state index contributed by atoms with van der Waals surface area (Å²) in [6.45, 7) is 7.08. The lowest BCUT2D eigenvalue weighted by Gasteiger charge is -2.22. The molecule has 0 saturated carbocycles. The minimum atomic E-state index is -0.971. The number of unbranched alkanes of at least 4 members (excludes halogenated alkanes) is 1. The Balaban J connectivity index is 4.18. The van der Waals surface area contributed by atoms with Crippen molar-refractivity contribution in [2.24, 2.45) is 5.92 Å².